The number of amides is 1. The van der Waals surface area contributed by atoms with Gasteiger partial charge < -0.3 is 11.1 Å². The van der Waals surface area contributed by atoms with Crippen LogP contribution in [-0.4, -0.2) is 18.5 Å². The van der Waals surface area contributed by atoms with Crippen LogP contribution in [0.3, 0.4) is 0 Å². The third-order valence-corrected chi connectivity index (χ3v) is 2.94. The van der Waals surface area contributed by atoms with Gasteiger partial charge in [0.1, 0.15) is 0 Å². The van der Waals surface area contributed by atoms with Crippen LogP contribution in [0.15, 0.2) is 18.2 Å². The number of rotatable bonds is 5. The van der Waals surface area contributed by atoms with E-state index in [1.165, 1.54) is 11.1 Å². The maximum Gasteiger partial charge on any atom is 0.224 e. The molecular weight excluding hydrogens is 212 g/mol. The minimum atomic E-state index is 0.0641. The van der Waals surface area contributed by atoms with E-state index in [-0.39, 0.29) is 11.9 Å². The summed E-state index contributed by atoms with van der Waals surface area (Å²) in [5, 5.41) is 2.94. The quantitative estimate of drug-likeness (QED) is 0.814. The fourth-order valence-electron chi connectivity index (χ4n) is 1.75. The monoisotopic (exact) mass is 234 g/mol. The van der Waals surface area contributed by atoms with E-state index >= 15 is 0 Å². The standard InChI is InChI=1S/C14H22N2O/c1-10-4-5-13(8-11(10)2)9-14(17)16-12(3)6-7-15/h4-5,8,12H,6-7,9,15H2,1-3H3,(H,16,17). The Bertz CT molecular complexity index is 388. The van der Waals surface area contributed by atoms with Gasteiger partial charge in [0.2, 0.25) is 5.91 Å². The van der Waals surface area contributed by atoms with Crippen LogP contribution in [0.2, 0.25) is 0 Å². The van der Waals surface area contributed by atoms with Crippen LogP contribution in [0, 0.1) is 13.8 Å². The highest BCUT2D eigenvalue weighted by molar-refractivity contribution is 5.78. The van der Waals surface area contributed by atoms with Crippen molar-refractivity contribution >= 4 is 5.91 Å². The van der Waals surface area contributed by atoms with Crippen LogP contribution in [0.1, 0.15) is 30.0 Å². The van der Waals surface area contributed by atoms with Crippen LogP contribution in [0.4, 0.5) is 0 Å². The summed E-state index contributed by atoms with van der Waals surface area (Å²) in [4.78, 5) is 11.7. The first-order chi connectivity index (χ1) is 8.02. The average Bonchev–Trinajstić information content (AvgIpc) is 2.23. The van der Waals surface area contributed by atoms with Gasteiger partial charge in [0, 0.05) is 6.04 Å². The topological polar surface area (TPSA) is 55.1 Å². The van der Waals surface area contributed by atoms with Crippen molar-refractivity contribution in [1.29, 1.82) is 0 Å². The van der Waals surface area contributed by atoms with Gasteiger partial charge in [-0.15, -0.1) is 0 Å². The first-order valence-electron chi connectivity index (χ1n) is 6.08. The lowest BCUT2D eigenvalue weighted by Crippen LogP contribution is -2.35. The van der Waals surface area contributed by atoms with Crippen LogP contribution in [0.25, 0.3) is 0 Å². The number of nitrogens with two attached hydrogens (primary N) is 1. The van der Waals surface area contributed by atoms with E-state index in [4.69, 9.17) is 5.73 Å². The molecule has 1 aromatic rings. The minimum Gasteiger partial charge on any atom is -0.353 e. The van der Waals surface area contributed by atoms with Gasteiger partial charge in [0.15, 0.2) is 0 Å². The van der Waals surface area contributed by atoms with Crippen LogP contribution in [-0.2, 0) is 11.2 Å². The second-order valence-electron chi connectivity index (χ2n) is 4.64. The summed E-state index contributed by atoms with van der Waals surface area (Å²) in [6.07, 6.45) is 1.26. The van der Waals surface area contributed by atoms with Crippen LogP contribution in [0.5, 0.6) is 0 Å². The zero-order valence-electron chi connectivity index (χ0n) is 10.9. The van der Waals surface area contributed by atoms with E-state index < -0.39 is 0 Å². The Kier molecular flexibility index (Phi) is 5.16. The van der Waals surface area contributed by atoms with Crippen LogP contribution >= 0.6 is 0 Å². The molecule has 17 heavy (non-hydrogen) atoms. The van der Waals surface area contributed by atoms with Crippen molar-refractivity contribution in [3.8, 4) is 0 Å². The maximum atomic E-state index is 11.7. The second-order valence-corrected chi connectivity index (χ2v) is 4.64. The Morgan fingerprint density at radius 3 is 2.65 bits per heavy atom. The summed E-state index contributed by atoms with van der Waals surface area (Å²) in [5.74, 6) is 0.0641. The molecule has 0 heterocycles. The number of carbonyl (C=O) groups is 1. The van der Waals surface area contributed by atoms with Crippen molar-refractivity contribution in [2.75, 3.05) is 6.54 Å². The number of carbonyl (C=O) groups excluding carboxylic acids is 1. The summed E-state index contributed by atoms with van der Waals surface area (Å²) >= 11 is 0. The normalized spacial score (nSPS) is 12.2. The summed E-state index contributed by atoms with van der Waals surface area (Å²) < 4.78 is 0. The van der Waals surface area contributed by atoms with E-state index in [9.17, 15) is 4.79 Å². The van der Waals surface area contributed by atoms with Crippen molar-refractivity contribution in [3.63, 3.8) is 0 Å². The van der Waals surface area contributed by atoms with E-state index in [2.05, 4.69) is 31.3 Å². The molecule has 1 rings (SSSR count). The highest BCUT2D eigenvalue weighted by Gasteiger charge is 2.07. The molecule has 3 N–H and O–H groups in total. The van der Waals surface area contributed by atoms with Crippen molar-refractivity contribution in [1.82, 2.24) is 5.32 Å². The van der Waals surface area contributed by atoms with Gasteiger partial charge in [-0.3, -0.25) is 4.79 Å². The molecule has 94 valence electrons. The number of benzene rings is 1. The largest absolute Gasteiger partial charge is 0.353 e. The van der Waals surface area contributed by atoms with Gasteiger partial charge in [0.25, 0.3) is 0 Å². The zero-order valence-corrected chi connectivity index (χ0v) is 10.9. The Labute approximate surface area is 103 Å². The predicted octanol–water partition coefficient (Wildman–Crippen LogP) is 1.70. The van der Waals surface area contributed by atoms with Gasteiger partial charge in [0.05, 0.1) is 6.42 Å². The molecule has 1 amide bonds. The second kappa shape index (κ2) is 6.40. The van der Waals surface area contributed by atoms with Crippen molar-refractivity contribution < 1.29 is 4.79 Å². The average molecular weight is 234 g/mol. The SMILES string of the molecule is Cc1ccc(CC(=O)NC(C)CCN)cc1C. The molecule has 0 saturated carbocycles. The summed E-state index contributed by atoms with van der Waals surface area (Å²) in [7, 11) is 0. The molecular formula is C14H22N2O. The van der Waals surface area contributed by atoms with Crippen LogP contribution < -0.4 is 11.1 Å². The number of hydrogen-bond acceptors (Lipinski definition) is 2. The number of aryl methyl sites for hydroxylation is 2. The lowest BCUT2D eigenvalue weighted by atomic mass is 10.0. The molecule has 0 fully saturated rings. The molecule has 3 nitrogen and oxygen atoms in total. The third kappa shape index (κ3) is 4.57. The molecule has 0 aliphatic rings. The van der Waals surface area contributed by atoms with E-state index in [0.29, 0.717) is 13.0 Å². The van der Waals surface area contributed by atoms with E-state index in [0.717, 1.165) is 12.0 Å². The molecule has 0 bridgehead atoms. The van der Waals surface area contributed by atoms with Gasteiger partial charge in [-0.1, -0.05) is 18.2 Å². The lowest BCUT2D eigenvalue weighted by molar-refractivity contribution is -0.121. The maximum absolute atomic E-state index is 11.7. The highest BCUT2D eigenvalue weighted by Crippen LogP contribution is 2.10. The molecule has 0 aliphatic carbocycles. The molecule has 0 aliphatic heterocycles. The Hall–Kier alpha value is -1.35. The molecule has 0 saturated heterocycles. The minimum absolute atomic E-state index is 0.0641. The fraction of sp³-hybridized carbons (Fsp3) is 0.500. The fourth-order valence-corrected chi connectivity index (χ4v) is 1.75. The van der Waals surface area contributed by atoms with E-state index in [1.54, 1.807) is 0 Å². The molecule has 0 aromatic heterocycles. The van der Waals surface area contributed by atoms with Crippen molar-refractivity contribution in [3.05, 3.63) is 34.9 Å². The summed E-state index contributed by atoms with van der Waals surface area (Å²) in [5.41, 5.74) is 8.99. The molecule has 0 spiro atoms. The molecule has 0 radical (unpaired) electrons. The summed E-state index contributed by atoms with van der Waals surface area (Å²) in [6, 6.07) is 6.29. The third-order valence-electron chi connectivity index (χ3n) is 2.94. The van der Waals surface area contributed by atoms with Gasteiger partial charge >= 0.3 is 0 Å². The van der Waals surface area contributed by atoms with Gasteiger partial charge in [-0.05, 0) is 50.4 Å². The number of nitrogens with one attached hydrogen (secondary N) is 1. The smallest absolute Gasteiger partial charge is 0.224 e. The molecule has 1 aromatic carbocycles. The zero-order chi connectivity index (χ0) is 12.8. The van der Waals surface area contributed by atoms with Crippen molar-refractivity contribution in [2.45, 2.75) is 39.7 Å². The molecule has 1 atom stereocenters. The Morgan fingerprint density at radius 2 is 2.06 bits per heavy atom. The van der Waals surface area contributed by atoms with E-state index in [1.807, 2.05) is 13.0 Å². The highest BCUT2D eigenvalue weighted by atomic mass is 16.1. The van der Waals surface area contributed by atoms with Crippen molar-refractivity contribution in [2.24, 2.45) is 5.73 Å². The van der Waals surface area contributed by atoms with Gasteiger partial charge in [-0.25, -0.2) is 0 Å². The van der Waals surface area contributed by atoms with Gasteiger partial charge in [-0.2, -0.15) is 0 Å². The molecule has 3 heteroatoms. The Balaban J connectivity index is 2.53. The predicted molar refractivity (Wildman–Crippen MR) is 70.9 cm³/mol. The molecule has 1 unspecified atom stereocenters. The number of hydrogen-bond donors (Lipinski definition) is 2. The summed E-state index contributed by atoms with van der Waals surface area (Å²) in [6.45, 7) is 6.71. The lowest BCUT2D eigenvalue weighted by Gasteiger charge is -2.13. The Morgan fingerprint density at radius 1 is 1.35 bits per heavy atom. The first kappa shape index (κ1) is 13.7. The first-order valence-corrected chi connectivity index (χ1v) is 6.08.